The minimum absolute atomic E-state index is 0.0876. The lowest BCUT2D eigenvalue weighted by Gasteiger charge is -2.19. The van der Waals surface area contributed by atoms with Crippen LogP contribution in [-0.4, -0.2) is 41.3 Å². The van der Waals surface area contributed by atoms with Crippen molar-refractivity contribution in [3.63, 3.8) is 0 Å². The quantitative estimate of drug-likeness (QED) is 0.785. The van der Waals surface area contributed by atoms with Crippen LogP contribution in [0.5, 0.6) is 0 Å². The third kappa shape index (κ3) is 3.41. The van der Waals surface area contributed by atoms with E-state index >= 15 is 0 Å². The van der Waals surface area contributed by atoms with Gasteiger partial charge in [0.05, 0.1) is 0 Å². The van der Waals surface area contributed by atoms with E-state index in [-0.39, 0.29) is 37.5 Å². The zero-order valence-corrected chi connectivity index (χ0v) is 10.8. The molecular weight excluding hydrogens is 291 g/mol. The number of amides is 2. The second kappa shape index (κ2) is 5.58. The maximum absolute atomic E-state index is 12.4. The fraction of sp³-hybridized carbons (Fsp3) is 0.417. The van der Waals surface area contributed by atoms with Gasteiger partial charge >= 0.3 is 6.18 Å². The van der Waals surface area contributed by atoms with Crippen LogP contribution in [-0.2, 0) is 11.0 Å². The number of carbonyl (C=O) groups excluding carboxylic acids is 2. The number of nitrogens with one attached hydrogen (secondary N) is 2. The van der Waals surface area contributed by atoms with Gasteiger partial charge in [-0.3, -0.25) is 14.4 Å². The van der Waals surface area contributed by atoms with Crippen molar-refractivity contribution >= 4 is 11.8 Å². The van der Waals surface area contributed by atoms with E-state index in [1.165, 1.54) is 4.90 Å². The number of carbonyl (C=O) groups is 2. The number of hydrogen-bond donors (Lipinski definition) is 2. The lowest BCUT2D eigenvalue weighted by molar-refractivity contribution is -0.141. The fourth-order valence-corrected chi connectivity index (χ4v) is 1.95. The Morgan fingerprint density at radius 2 is 1.90 bits per heavy atom. The Hall–Kier alpha value is -2.32. The van der Waals surface area contributed by atoms with Crippen LogP contribution in [0, 0.1) is 0 Å². The summed E-state index contributed by atoms with van der Waals surface area (Å²) in [6.07, 6.45) is -4.59. The summed E-state index contributed by atoms with van der Waals surface area (Å²) >= 11 is 0. The van der Waals surface area contributed by atoms with Crippen LogP contribution < -0.4 is 10.9 Å². The molecular formula is C12H12F3N3O3. The van der Waals surface area contributed by atoms with E-state index in [1.807, 2.05) is 0 Å². The zero-order valence-electron chi connectivity index (χ0n) is 10.8. The Bertz CT molecular complexity index is 624. The number of rotatable bonds is 1. The van der Waals surface area contributed by atoms with Gasteiger partial charge in [-0.15, -0.1) is 0 Å². The van der Waals surface area contributed by atoms with Gasteiger partial charge in [0.2, 0.25) is 5.91 Å². The molecule has 6 nitrogen and oxygen atoms in total. The Morgan fingerprint density at radius 1 is 1.19 bits per heavy atom. The SMILES string of the molecule is O=C1CCN(C(=O)c2ccc(C(F)(F)F)[nH]c2=O)CCN1. The largest absolute Gasteiger partial charge is 0.431 e. The molecule has 1 aromatic heterocycles. The summed E-state index contributed by atoms with van der Waals surface area (Å²) in [7, 11) is 0. The highest BCUT2D eigenvalue weighted by Gasteiger charge is 2.32. The summed E-state index contributed by atoms with van der Waals surface area (Å²) in [5.74, 6) is -0.909. The molecule has 2 heterocycles. The fourth-order valence-electron chi connectivity index (χ4n) is 1.95. The first-order chi connectivity index (χ1) is 9.79. The van der Waals surface area contributed by atoms with Crippen LogP contribution >= 0.6 is 0 Å². The molecule has 21 heavy (non-hydrogen) atoms. The van der Waals surface area contributed by atoms with Gasteiger partial charge in [-0.25, -0.2) is 0 Å². The second-order valence-corrected chi connectivity index (χ2v) is 4.50. The maximum Gasteiger partial charge on any atom is 0.431 e. The van der Waals surface area contributed by atoms with Crippen molar-refractivity contribution in [1.82, 2.24) is 15.2 Å². The molecule has 0 atom stereocenters. The summed E-state index contributed by atoms with van der Waals surface area (Å²) in [5.41, 5.74) is -2.69. The molecule has 1 aromatic rings. The average molecular weight is 303 g/mol. The van der Waals surface area contributed by atoms with E-state index in [2.05, 4.69) is 5.32 Å². The normalized spacial score (nSPS) is 16.3. The molecule has 2 amide bonds. The van der Waals surface area contributed by atoms with Gasteiger partial charge in [-0.1, -0.05) is 0 Å². The predicted molar refractivity (Wildman–Crippen MR) is 65.6 cm³/mol. The standard InChI is InChI=1S/C12H12F3N3O3/c13-12(14,15)8-2-1-7(10(20)17-8)11(21)18-5-3-9(19)16-4-6-18/h1-2H,3-6H2,(H,16,19)(H,17,20). The number of aromatic nitrogens is 1. The Kier molecular flexibility index (Phi) is 4.01. The summed E-state index contributed by atoms with van der Waals surface area (Å²) in [6.45, 7) is 0.555. The number of halogens is 3. The van der Waals surface area contributed by atoms with Crippen LogP contribution in [0.25, 0.3) is 0 Å². The first-order valence-corrected chi connectivity index (χ1v) is 6.15. The third-order valence-corrected chi connectivity index (χ3v) is 3.05. The molecule has 0 bridgehead atoms. The molecule has 1 fully saturated rings. The van der Waals surface area contributed by atoms with E-state index in [0.717, 1.165) is 6.07 Å². The first kappa shape index (κ1) is 15.1. The third-order valence-electron chi connectivity index (χ3n) is 3.05. The van der Waals surface area contributed by atoms with Gasteiger partial charge in [-0.05, 0) is 12.1 Å². The van der Waals surface area contributed by atoms with Gasteiger partial charge in [0.25, 0.3) is 11.5 Å². The van der Waals surface area contributed by atoms with Crippen molar-refractivity contribution in [3.8, 4) is 0 Å². The van der Waals surface area contributed by atoms with Crippen molar-refractivity contribution in [1.29, 1.82) is 0 Å². The van der Waals surface area contributed by atoms with Crippen LogP contribution in [0.2, 0.25) is 0 Å². The summed E-state index contributed by atoms with van der Waals surface area (Å²) in [5, 5.41) is 2.56. The van der Waals surface area contributed by atoms with Crippen molar-refractivity contribution in [2.75, 3.05) is 19.6 Å². The molecule has 1 aliphatic heterocycles. The monoisotopic (exact) mass is 303 g/mol. The lowest BCUT2D eigenvalue weighted by Crippen LogP contribution is -2.37. The van der Waals surface area contributed by atoms with Crippen molar-refractivity contribution in [2.45, 2.75) is 12.6 Å². The average Bonchev–Trinajstić information content (AvgIpc) is 2.61. The molecule has 9 heteroatoms. The molecule has 0 saturated carbocycles. The summed E-state index contributed by atoms with van der Waals surface area (Å²) in [6, 6.07) is 1.50. The highest BCUT2D eigenvalue weighted by Crippen LogP contribution is 2.26. The molecule has 2 rings (SSSR count). The Balaban J connectivity index is 2.23. The van der Waals surface area contributed by atoms with Gasteiger partial charge < -0.3 is 15.2 Å². The smallest absolute Gasteiger partial charge is 0.354 e. The minimum Gasteiger partial charge on any atom is -0.354 e. The Labute approximate surface area is 116 Å². The predicted octanol–water partition coefficient (Wildman–Crippen LogP) is 0.356. The van der Waals surface area contributed by atoms with Crippen LogP contribution in [0.1, 0.15) is 22.5 Å². The number of pyridine rings is 1. The molecule has 0 unspecified atom stereocenters. The first-order valence-electron chi connectivity index (χ1n) is 6.15. The highest BCUT2D eigenvalue weighted by atomic mass is 19.4. The number of H-pyrrole nitrogens is 1. The van der Waals surface area contributed by atoms with Crippen molar-refractivity contribution in [3.05, 3.63) is 33.7 Å². The topological polar surface area (TPSA) is 82.3 Å². The summed E-state index contributed by atoms with van der Waals surface area (Å²) in [4.78, 5) is 37.8. The van der Waals surface area contributed by atoms with Crippen molar-refractivity contribution in [2.24, 2.45) is 0 Å². The molecule has 0 aromatic carbocycles. The molecule has 0 aliphatic carbocycles. The second-order valence-electron chi connectivity index (χ2n) is 4.50. The zero-order chi connectivity index (χ0) is 15.6. The van der Waals surface area contributed by atoms with Crippen LogP contribution in [0.4, 0.5) is 13.2 Å². The van der Waals surface area contributed by atoms with E-state index in [0.29, 0.717) is 6.07 Å². The van der Waals surface area contributed by atoms with Gasteiger partial charge in [-0.2, -0.15) is 13.2 Å². The van der Waals surface area contributed by atoms with E-state index in [4.69, 9.17) is 0 Å². The number of alkyl halides is 3. The van der Waals surface area contributed by atoms with Crippen LogP contribution in [0.3, 0.4) is 0 Å². The van der Waals surface area contributed by atoms with Gasteiger partial charge in [0.15, 0.2) is 0 Å². The van der Waals surface area contributed by atoms with E-state index < -0.39 is 23.3 Å². The van der Waals surface area contributed by atoms with E-state index in [1.54, 1.807) is 4.98 Å². The highest BCUT2D eigenvalue weighted by molar-refractivity contribution is 5.94. The van der Waals surface area contributed by atoms with Gasteiger partial charge in [0, 0.05) is 26.1 Å². The molecule has 114 valence electrons. The number of nitrogens with zero attached hydrogens (tertiary/aromatic N) is 1. The molecule has 1 aliphatic rings. The molecule has 1 saturated heterocycles. The molecule has 2 N–H and O–H groups in total. The summed E-state index contributed by atoms with van der Waals surface area (Å²) < 4.78 is 37.3. The lowest BCUT2D eigenvalue weighted by atomic mass is 10.2. The number of hydrogen-bond acceptors (Lipinski definition) is 3. The number of aromatic amines is 1. The van der Waals surface area contributed by atoms with E-state index in [9.17, 15) is 27.6 Å². The minimum atomic E-state index is -4.68. The molecule has 0 radical (unpaired) electrons. The Morgan fingerprint density at radius 3 is 2.52 bits per heavy atom. The van der Waals surface area contributed by atoms with Crippen molar-refractivity contribution < 1.29 is 22.8 Å². The van der Waals surface area contributed by atoms with Crippen LogP contribution in [0.15, 0.2) is 16.9 Å². The van der Waals surface area contributed by atoms with Gasteiger partial charge in [0.1, 0.15) is 11.3 Å². The maximum atomic E-state index is 12.4. The molecule has 0 spiro atoms.